The Bertz CT molecular complexity index is 558. The molecule has 0 amide bonds. The standard InChI is InChI=1S/C19H28O4/c1-18-6-5-10(20)7-13(18)14(21)8-11-12-3-4-16(23)19(12,2)9-15(22)17(11)18/h5-6,11-17,21-23H,3-4,7-9H2,1-2H3/t11-,12-,13?,14?,15?,16?,17-,18-,19-/m0/s1. The highest BCUT2D eigenvalue weighted by Crippen LogP contribution is 2.65. The van der Waals surface area contributed by atoms with Crippen molar-refractivity contribution in [2.24, 2.45) is 34.5 Å². The third-order valence-electron chi connectivity index (χ3n) is 7.95. The summed E-state index contributed by atoms with van der Waals surface area (Å²) >= 11 is 0. The zero-order valence-electron chi connectivity index (χ0n) is 14.0. The van der Waals surface area contributed by atoms with Gasteiger partial charge in [-0.15, -0.1) is 0 Å². The molecule has 4 nitrogen and oxygen atoms in total. The number of aliphatic hydroxyl groups is 3. The van der Waals surface area contributed by atoms with Gasteiger partial charge in [0, 0.05) is 12.3 Å². The van der Waals surface area contributed by atoms with Gasteiger partial charge in [0.2, 0.25) is 0 Å². The van der Waals surface area contributed by atoms with Crippen LogP contribution in [-0.4, -0.2) is 39.4 Å². The van der Waals surface area contributed by atoms with E-state index in [1.54, 1.807) is 6.08 Å². The molecule has 4 unspecified atom stereocenters. The van der Waals surface area contributed by atoms with E-state index < -0.39 is 12.2 Å². The molecular formula is C19H28O4. The summed E-state index contributed by atoms with van der Waals surface area (Å²) in [4.78, 5) is 11.8. The summed E-state index contributed by atoms with van der Waals surface area (Å²) in [7, 11) is 0. The molecule has 0 spiro atoms. The average molecular weight is 320 g/mol. The zero-order valence-corrected chi connectivity index (χ0v) is 14.0. The molecule has 3 N–H and O–H groups in total. The van der Waals surface area contributed by atoms with Crippen molar-refractivity contribution in [1.82, 2.24) is 0 Å². The highest BCUT2D eigenvalue weighted by molar-refractivity contribution is 5.91. The van der Waals surface area contributed by atoms with Crippen LogP contribution < -0.4 is 0 Å². The second-order valence-electron chi connectivity index (χ2n) is 8.95. The Kier molecular flexibility index (Phi) is 3.37. The van der Waals surface area contributed by atoms with Crippen molar-refractivity contribution in [2.45, 2.75) is 64.3 Å². The topological polar surface area (TPSA) is 77.8 Å². The van der Waals surface area contributed by atoms with E-state index in [-0.39, 0.29) is 40.5 Å². The van der Waals surface area contributed by atoms with E-state index in [1.165, 1.54) is 0 Å². The molecule has 4 aliphatic carbocycles. The lowest BCUT2D eigenvalue weighted by Gasteiger charge is -2.61. The number of allylic oxidation sites excluding steroid dienone is 2. The van der Waals surface area contributed by atoms with E-state index in [4.69, 9.17) is 0 Å². The minimum absolute atomic E-state index is 0.0728. The number of hydrogen-bond acceptors (Lipinski definition) is 4. The number of carbonyl (C=O) groups is 1. The van der Waals surface area contributed by atoms with Crippen LogP contribution in [0.1, 0.15) is 46.0 Å². The van der Waals surface area contributed by atoms with E-state index in [0.717, 1.165) is 12.8 Å². The van der Waals surface area contributed by atoms with Crippen molar-refractivity contribution in [3.63, 3.8) is 0 Å². The lowest BCUT2D eigenvalue weighted by atomic mass is 9.45. The molecule has 0 saturated heterocycles. The van der Waals surface area contributed by atoms with Gasteiger partial charge in [0.1, 0.15) is 0 Å². The fraction of sp³-hybridized carbons (Fsp3) is 0.842. The third-order valence-corrected chi connectivity index (χ3v) is 7.95. The summed E-state index contributed by atoms with van der Waals surface area (Å²) < 4.78 is 0. The summed E-state index contributed by atoms with van der Waals surface area (Å²) in [5, 5.41) is 32.2. The van der Waals surface area contributed by atoms with Crippen LogP contribution in [0.25, 0.3) is 0 Å². The Morgan fingerprint density at radius 2 is 1.83 bits per heavy atom. The first-order valence-corrected chi connectivity index (χ1v) is 9.03. The first kappa shape index (κ1) is 15.8. The summed E-state index contributed by atoms with van der Waals surface area (Å²) in [5.41, 5.74) is -0.567. The average Bonchev–Trinajstić information content (AvgIpc) is 2.76. The minimum atomic E-state index is -0.498. The van der Waals surface area contributed by atoms with Crippen molar-refractivity contribution in [3.05, 3.63) is 12.2 Å². The number of aliphatic hydroxyl groups excluding tert-OH is 3. The van der Waals surface area contributed by atoms with E-state index >= 15 is 0 Å². The van der Waals surface area contributed by atoms with Crippen LogP contribution in [-0.2, 0) is 4.79 Å². The summed E-state index contributed by atoms with van der Waals surface area (Å²) in [6.07, 6.45) is 5.70. The first-order valence-electron chi connectivity index (χ1n) is 9.03. The van der Waals surface area contributed by atoms with Gasteiger partial charge in [0.25, 0.3) is 0 Å². The molecule has 0 aromatic rings. The Balaban J connectivity index is 1.77. The third kappa shape index (κ3) is 1.98. The van der Waals surface area contributed by atoms with Gasteiger partial charge in [-0.25, -0.2) is 0 Å². The Morgan fingerprint density at radius 1 is 1.09 bits per heavy atom. The van der Waals surface area contributed by atoms with Crippen molar-refractivity contribution >= 4 is 5.78 Å². The Hall–Kier alpha value is -0.710. The number of rotatable bonds is 0. The molecule has 4 aliphatic rings. The summed E-state index contributed by atoms with van der Waals surface area (Å²) in [6.45, 7) is 4.22. The van der Waals surface area contributed by atoms with Gasteiger partial charge in [0.05, 0.1) is 18.3 Å². The van der Waals surface area contributed by atoms with Crippen LogP contribution >= 0.6 is 0 Å². The van der Waals surface area contributed by atoms with E-state index in [0.29, 0.717) is 25.2 Å². The van der Waals surface area contributed by atoms with Crippen LogP contribution in [0.5, 0.6) is 0 Å². The van der Waals surface area contributed by atoms with Gasteiger partial charge in [0.15, 0.2) is 5.78 Å². The lowest BCUT2D eigenvalue weighted by Crippen LogP contribution is -2.61. The van der Waals surface area contributed by atoms with Crippen LogP contribution in [0, 0.1) is 34.5 Å². The molecule has 4 heteroatoms. The maximum atomic E-state index is 11.8. The van der Waals surface area contributed by atoms with Crippen molar-refractivity contribution in [1.29, 1.82) is 0 Å². The van der Waals surface area contributed by atoms with Crippen molar-refractivity contribution in [2.75, 3.05) is 0 Å². The van der Waals surface area contributed by atoms with Crippen molar-refractivity contribution in [3.8, 4) is 0 Å². The van der Waals surface area contributed by atoms with Gasteiger partial charge in [-0.2, -0.15) is 0 Å². The molecule has 0 aromatic heterocycles. The molecule has 23 heavy (non-hydrogen) atoms. The normalized spacial score (nSPS) is 58.5. The van der Waals surface area contributed by atoms with Crippen molar-refractivity contribution < 1.29 is 20.1 Å². The minimum Gasteiger partial charge on any atom is -0.393 e. The van der Waals surface area contributed by atoms with Crippen LogP contribution in [0.4, 0.5) is 0 Å². The van der Waals surface area contributed by atoms with Crippen LogP contribution in [0.15, 0.2) is 12.2 Å². The highest BCUT2D eigenvalue weighted by Gasteiger charge is 2.64. The van der Waals surface area contributed by atoms with Gasteiger partial charge in [-0.3, -0.25) is 4.79 Å². The van der Waals surface area contributed by atoms with Crippen LogP contribution in [0.3, 0.4) is 0 Å². The maximum Gasteiger partial charge on any atom is 0.155 e. The largest absolute Gasteiger partial charge is 0.393 e. The van der Waals surface area contributed by atoms with Gasteiger partial charge < -0.3 is 15.3 Å². The van der Waals surface area contributed by atoms with Crippen LogP contribution in [0.2, 0.25) is 0 Å². The quantitative estimate of drug-likeness (QED) is 0.634. The SMILES string of the molecule is C[C@]12C=CC(=O)CC1C(O)C[C@@H]1[C@H]2C(O)C[C@]2(C)C(O)CC[C@@H]12. The molecular weight excluding hydrogens is 292 g/mol. The number of fused-ring (bicyclic) bond motifs is 5. The lowest BCUT2D eigenvalue weighted by molar-refractivity contribution is -0.182. The Morgan fingerprint density at radius 3 is 2.57 bits per heavy atom. The van der Waals surface area contributed by atoms with E-state index in [2.05, 4.69) is 13.8 Å². The van der Waals surface area contributed by atoms with E-state index in [9.17, 15) is 20.1 Å². The molecule has 3 fully saturated rings. The monoisotopic (exact) mass is 320 g/mol. The zero-order chi connectivity index (χ0) is 16.6. The number of ketones is 1. The molecule has 0 heterocycles. The summed E-state index contributed by atoms with van der Waals surface area (Å²) in [5.74, 6) is 0.631. The van der Waals surface area contributed by atoms with Gasteiger partial charge in [-0.05, 0) is 60.3 Å². The fourth-order valence-corrected chi connectivity index (χ4v) is 6.79. The second-order valence-corrected chi connectivity index (χ2v) is 8.95. The molecule has 0 aliphatic heterocycles. The van der Waals surface area contributed by atoms with Gasteiger partial charge in [-0.1, -0.05) is 19.9 Å². The molecule has 0 bridgehead atoms. The molecule has 9 atom stereocenters. The molecule has 0 aromatic carbocycles. The molecule has 4 rings (SSSR count). The summed E-state index contributed by atoms with van der Waals surface area (Å²) in [6, 6.07) is 0. The highest BCUT2D eigenvalue weighted by atomic mass is 16.3. The Labute approximate surface area is 137 Å². The first-order chi connectivity index (χ1) is 10.8. The second kappa shape index (κ2) is 4.90. The molecule has 3 saturated carbocycles. The number of hydrogen-bond donors (Lipinski definition) is 3. The fourth-order valence-electron chi connectivity index (χ4n) is 6.79. The van der Waals surface area contributed by atoms with E-state index in [1.807, 2.05) is 6.08 Å². The van der Waals surface area contributed by atoms with Gasteiger partial charge >= 0.3 is 0 Å². The smallest absolute Gasteiger partial charge is 0.155 e. The predicted octanol–water partition coefficient (Wildman–Crippen LogP) is 1.68. The maximum absolute atomic E-state index is 11.8. The molecule has 0 radical (unpaired) electrons. The number of carbonyl (C=O) groups excluding carboxylic acids is 1. The molecule has 128 valence electrons. The predicted molar refractivity (Wildman–Crippen MR) is 85.4 cm³/mol.